The Kier molecular flexibility index (Phi) is 5.34. The van der Waals surface area contributed by atoms with Crippen LogP contribution in [0.5, 0.6) is 5.75 Å². The van der Waals surface area contributed by atoms with Crippen LogP contribution in [0.1, 0.15) is 21.5 Å². The standard InChI is InChI=1S/C23H23N5O2/c1-16-7-9-19(10-8-16)28-15-21(23(29)24-12-17-13-25-27(2)14-17)22(26-28)18-5-4-6-20(11-18)30-3/h4-11,13-15H,12H2,1-3H3,(H,24,29). The van der Waals surface area contributed by atoms with E-state index in [2.05, 4.69) is 10.4 Å². The molecule has 30 heavy (non-hydrogen) atoms. The molecule has 1 amide bonds. The third-order valence-corrected chi connectivity index (χ3v) is 4.81. The molecule has 0 spiro atoms. The van der Waals surface area contributed by atoms with Gasteiger partial charge in [-0.25, -0.2) is 4.68 Å². The number of amides is 1. The molecule has 4 aromatic rings. The van der Waals surface area contributed by atoms with E-state index >= 15 is 0 Å². The van der Waals surface area contributed by atoms with Crippen LogP contribution in [0.3, 0.4) is 0 Å². The van der Waals surface area contributed by atoms with Crippen molar-refractivity contribution in [1.29, 1.82) is 0 Å². The topological polar surface area (TPSA) is 74.0 Å². The lowest BCUT2D eigenvalue weighted by Crippen LogP contribution is -2.22. The number of methoxy groups -OCH3 is 1. The number of hydrogen-bond donors (Lipinski definition) is 1. The fourth-order valence-corrected chi connectivity index (χ4v) is 3.19. The summed E-state index contributed by atoms with van der Waals surface area (Å²) in [5.41, 5.74) is 4.88. The quantitative estimate of drug-likeness (QED) is 0.536. The molecule has 0 aliphatic carbocycles. The van der Waals surface area contributed by atoms with Gasteiger partial charge in [-0.05, 0) is 31.2 Å². The Hall–Kier alpha value is -3.87. The summed E-state index contributed by atoms with van der Waals surface area (Å²) in [6.45, 7) is 2.42. The van der Waals surface area contributed by atoms with Crippen LogP contribution in [0.2, 0.25) is 0 Å². The number of carbonyl (C=O) groups is 1. The molecule has 0 saturated heterocycles. The summed E-state index contributed by atoms with van der Waals surface area (Å²) in [4.78, 5) is 13.0. The van der Waals surface area contributed by atoms with E-state index in [4.69, 9.17) is 9.84 Å². The van der Waals surface area contributed by atoms with Crippen LogP contribution < -0.4 is 10.1 Å². The summed E-state index contributed by atoms with van der Waals surface area (Å²) in [7, 11) is 3.46. The van der Waals surface area contributed by atoms with Crippen LogP contribution in [0.25, 0.3) is 16.9 Å². The van der Waals surface area contributed by atoms with Gasteiger partial charge in [0, 0.05) is 37.1 Å². The van der Waals surface area contributed by atoms with Crippen LogP contribution in [-0.2, 0) is 13.6 Å². The fourth-order valence-electron chi connectivity index (χ4n) is 3.19. The number of benzene rings is 2. The lowest BCUT2D eigenvalue weighted by Gasteiger charge is -2.06. The van der Waals surface area contributed by atoms with Crippen molar-refractivity contribution in [1.82, 2.24) is 24.9 Å². The summed E-state index contributed by atoms with van der Waals surface area (Å²) in [6, 6.07) is 15.5. The predicted molar refractivity (Wildman–Crippen MR) is 115 cm³/mol. The first kappa shape index (κ1) is 19.4. The van der Waals surface area contributed by atoms with Gasteiger partial charge in [0.25, 0.3) is 5.91 Å². The lowest BCUT2D eigenvalue weighted by molar-refractivity contribution is 0.0951. The van der Waals surface area contributed by atoms with E-state index in [0.717, 1.165) is 22.4 Å². The van der Waals surface area contributed by atoms with Crippen LogP contribution in [-0.4, -0.2) is 32.6 Å². The molecule has 0 aliphatic heterocycles. The van der Waals surface area contributed by atoms with Crippen LogP contribution >= 0.6 is 0 Å². The molecule has 2 aromatic carbocycles. The number of aromatic nitrogens is 4. The number of carbonyl (C=O) groups excluding carboxylic acids is 1. The minimum atomic E-state index is -0.199. The summed E-state index contributed by atoms with van der Waals surface area (Å²) in [5, 5.41) is 11.8. The van der Waals surface area contributed by atoms with Crippen molar-refractivity contribution in [2.75, 3.05) is 7.11 Å². The number of rotatable bonds is 6. The van der Waals surface area contributed by atoms with Crippen molar-refractivity contribution < 1.29 is 9.53 Å². The highest BCUT2D eigenvalue weighted by Crippen LogP contribution is 2.27. The Balaban J connectivity index is 1.70. The molecule has 7 nitrogen and oxygen atoms in total. The summed E-state index contributed by atoms with van der Waals surface area (Å²) >= 11 is 0. The molecule has 0 saturated carbocycles. The smallest absolute Gasteiger partial charge is 0.255 e. The average molecular weight is 401 g/mol. The van der Waals surface area contributed by atoms with Crippen molar-refractivity contribution in [3.63, 3.8) is 0 Å². The molecule has 152 valence electrons. The van der Waals surface area contributed by atoms with Gasteiger partial charge in [-0.15, -0.1) is 0 Å². The van der Waals surface area contributed by atoms with Crippen molar-refractivity contribution >= 4 is 5.91 Å². The van der Waals surface area contributed by atoms with E-state index in [1.165, 1.54) is 0 Å². The highest BCUT2D eigenvalue weighted by atomic mass is 16.5. The van der Waals surface area contributed by atoms with E-state index in [-0.39, 0.29) is 5.91 Å². The summed E-state index contributed by atoms with van der Waals surface area (Å²) < 4.78 is 8.78. The predicted octanol–water partition coefficient (Wildman–Crippen LogP) is 3.52. The second-order valence-corrected chi connectivity index (χ2v) is 7.11. The molecule has 0 fully saturated rings. The van der Waals surface area contributed by atoms with E-state index < -0.39 is 0 Å². The minimum absolute atomic E-state index is 0.199. The van der Waals surface area contributed by atoms with Crippen molar-refractivity contribution in [3.8, 4) is 22.7 Å². The second kappa shape index (κ2) is 8.24. The molecule has 0 bridgehead atoms. The molecule has 1 N–H and O–H groups in total. The zero-order chi connectivity index (χ0) is 21.1. The normalized spacial score (nSPS) is 10.8. The van der Waals surface area contributed by atoms with E-state index in [1.54, 1.807) is 28.9 Å². The Morgan fingerprint density at radius 1 is 1.13 bits per heavy atom. The molecule has 4 rings (SSSR count). The Morgan fingerprint density at radius 3 is 2.63 bits per heavy atom. The molecule has 0 unspecified atom stereocenters. The maximum absolute atomic E-state index is 13.0. The number of aryl methyl sites for hydroxylation is 2. The molecule has 2 aromatic heterocycles. The van der Waals surface area contributed by atoms with E-state index in [0.29, 0.717) is 23.6 Å². The summed E-state index contributed by atoms with van der Waals surface area (Å²) in [6.07, 6.45) is 5.37. The van der Waals surface area contributed by atoms with Gasteiger partial charge >= 0.3 is 0 Å². The van der Waals surface area contributed by atoms with Gasteiger partial charge in [0.2, 0.25) is 0 Å². The van der Waals surface area contributed by atoms with Gasteiger partial charge < -0.3 is 10.1 Å². The third-order valence-electron chi connectivity index (χ3n) is 4.81. The first-order valence-corrected chi connectivity index (χ1v) is 9.60. The monoisotopic (exact) mass is 401 g/mol. The maximum atomic E-state index is 13.0. The highest BCUT2D eigenvalue weighted by molar-refractivity contribution is 6.00. The van der Waals surface area contributed by atoms with E-state index in [1.807, 2.05) is 68.7 Å². The van der Waals surface area contributed by atoms with Crippen LogP contribution in [0, 0.1) is 6.92 Å². The molecule has 0 radical (unpaired) electrons. The Morgan fingerprint density at radius 2 is 1.93 bits per heavy atom. The highest BCUT2D eigenvalue weighted by Gasteiger charge is 2.19. The number of nitrogens with zero attached hydrogens (tertiary/aromatic N) is 4. The number of ether oxygens (including phenoxy) is 1. The fraction of sp³-hybridized carbons (Fsp3) is 0.174. The SMILES string of the molecule is COc1cccc(-c2nn(-c3ccc(C)cc3)cc2C(=O)NCc2cnn(C)c2)c1. The number of hydrogen-bond acceptors (Lipinski definition) is 4. The minimum Gasteiger partial charge on any atom is -0.497 e. The summed E-state index contributed by atoms with van der Waals surface area (Å²) in [5.74, 6) is 0.508. The molecular weight excluding hydrogens is 378 g/mol. The average Bonchev–Trinajstić information content (AvgIpc) is 3.39. The lowest BCUT2D eigenvalue weighted by atomic mass is 10.1. The van der Waals surface area contributed by atoms with E-state index in [9.17, 15) is 4.79 Å². The second-order valence-electron chi connectivity index (χ2n) is 7.11. The van der Waals surface area contributed by atoms with Gasteiger partial charge in [-0.3, -0.25) is 9.48 Å². The maximum Gasteiger partial charge on any atom is 0.255 e. The zero-order valence-electron chi connectivity index (χ0n) is 17.2. The van der Waals surface area contributed by atoms with Crippen LogP contribution in [0.15, 0.2) is 67.1 Å². The molecule has 2 heterocycles. The zero-order valence-corrected chi connectivity index (χ0v) is 17.2. The van der Waals surface area contributed by atoms with Crippen molar-refractivity contribution in [2.45, 2.75) is 13.5 Å². The van der Waals surface area contributed by atoms with Crippen molar-refractivity contribution in [2.24, 2.45) is 7.05 Å². The first-order valence-electron chi connectivity index (χ1n) is 9.60. The molecule has 7 heteroatoms. The van der Waals surface area contributed by atoms with Gasteiger partial charge in [-0.2, -0.15) is 10.2 Å². The third kappa shape index (κ3) is 4.10. The Bertz CT molecular complexity index is 1170. The van der Waals surface area contributed by atoms with Crippen molar-refractivity contribution in [3.05, 3.63) is 83.8 Å². The van der Waals surface area contributed by atoms with Gasteiger partial charge in [0.05, 0.1) is 24.6 Å². The largest absolute Gasteiger partial charge is 0.497 e. The van der Waals surface area contributed by atoms with Crippen LogP contribution in [0.4, 0.5) is 0 Å². The van der Waals surface area contributed by atoms with Gasteiger partial charge in [0.1, 0.15) is 11.4 Å². The molecule has 0 atom stereocenters. The first-order chi connectivity index (χ1) is 14.5. The molecule has 0 aliphatic rings. The molecular formula is C23H23N5O2. The van der Waals surface area contributed by atoms with Gasteiger partial charge in [0.15, 0.2) is 0 Å². The number of nitrogens with one attached hydrogen (secondary N) is 1. The van der Waals surface area contributed by atoms with Gasteiger partial charge in [-0.1, -0.05) is 29.8 Å². The Labute approximate surface area is 174 Å².